The summed E-state index contributed by atoms with van der Waals surface area (Å²) in [5.74, 6) is 7.33. The largest absolute Gasteiger partial charge is 0.508 e. The van der Waals surface area contributed by atoms with Crippen molar-refractivity contribution in [3.8, 4) is 51.9 Å². The molecule has 0 aromatic heterocycles. The van der Waals surface area contributed by atoms with E-state index in [-0.39, 0.29) is 65.2 Å². The number of rotatable bonds is 6. The first kappa shape index (κ1) is 55.6. The maximum Gasteiger partial charge on any atom is 0.188 e. The Labute approximate surface area is 474 Å². The van der Waals surface area contributed by atoms with Gasteiger partial charge in [-0.3, -0.25) is 4.99 Å². The number of aliphatic hydroxyl groups is 4. The highest BCUT2D eigenvalue weighted by Gasteiger charge is 2.59. The van der Waals surface area contributed by atoms with Crippen LogP contribution in [0.1, 0.15) is 170 Å². The van der Waals surface area contributed by atoms with Gasteiger partial charge in [0, 0.05) is 68.2 Å². The average molecular weight is 1100 g/mol. The van der Waals surface area contributed by atoms with Gasteiger partial charge in [-0.2, -0.15) is 0 Å². The molecule has 0 radical (unpaired) electrons. The topological polar surface area (TPSA) is 198 Å². The van der Waals surface area contributed by atoms with Gasteiger partial charge in [0.15, 0.2) is 17.5 Å². The summed E-state index contributed by atoms with van der Waals surface area (Å²) in [5.41, 5.74) is 12.5. The zero-order chi connectivity index (χ0) is 55.5. The van der Waals surface area contributed by atoms with E-state index >= 15 is 0 Å². The van der Waals surface area contributed by atoms with Crippen LogP contribution in [0.5, 0.6) is 28.7 Å². The van der Waals surface area contributed by atoms with Crippen LogP contribution in [-0.2, 0) is 24.0 Å². The number of benzene rings is 3. The summed E-state index contributed by atoms with van der Waals surface area (Å²) in [6.45, 7) is 8.25. The molecular formula is C67H89N3O10. The number of hydrogen-bond acceptors (Lipinski definition) is 13. The SMILES string of the molecule is CC[C@@H]1C[C@@H]2C=C[C@H]1C[C@H](O)C[C@]1(CCC[C@@]13CCO[C@@H](C1(O)CCCC1)C3)CN=C(N)NCC[C@@H]1[C@@H](CO)CC[C@H]3CC#COc4ccc(cc4O[C@H]31)[C@@H]1Oc3cc(OC)c4c(c3C[C@H]1O)[C@H]2Cc1cc(O)c(CC(C)C)cc1-4. The maximum absolute atomic E-state index is 12.7. The number of aliphatic imine (C=N–C) groups is 1. The summed E-state index contributed by atoms with van der Waals surface area (Å²) in [4.78, 5) is 5.23. The van der Waals surface area contributed by atoms with Crippen LogP contribution in [0.25, 0.3) is 11.1 Å². The highest BCUT2D eigenvalue weighted by molar-refractivity contribution is 5.84. The first-order valence-electron chi connectivity index (χ1n) is 31.0. The van der Waals surface area contributed by atoms with Crippen LogP contribution in [0.2, 0.25) is 0 Å². The van der Waals surface area contributed by atoms with Gasteiger partial charge in [0.2, 0.25) is 0 Å². The number of nitrogens with one attached hydrogen (secondary N) is 1. The van der Waals surface area contributed by atoms with Crippen molar-refractivity contribution >= 4 is 5.96 Å². The smallest absolute Gasteiger partial charge is 0.188 e. The van der Waals surface area contributed by atoms with E-state index in [4.69, 9.17) is 34.4 Å². The molecule has 7 aliphatic heterocycles. The normalized spacial score (nSPS) is 35.4. The average Bonchev–Trinajstić information content (AvgIpc) is 4.15. The minimum atomic E-state index is -0.905. The number of ether oxygens (including phenoxy) is 5. The lowest BCUT2D eigenvalue weighted by molar-refractivity contribution is -0.174. The molecule has 13 nitrogen and oxygen atoms in total. The molecular weight excluding hydrogens is 1010 g/mol. The number of phenolic OH excluding ortho intramolecular Hbond substituents is 1. The Morgan fingerprint density at radius 2 is 1.71 bits per heavy atom. The second-order valence-electron chi connectivity index (χ2n) is 26.7. The van der Waals surface area contributed by atoms with Gasteiger partial charge in [-0.25, -0.2) is 0 Å². The number of hydrogen-bond donors (Lipinski definition) is 7. The number of nitrogens with two attached hydrogens (primary N) is 1. The van der Waals surface area contributed by atoms with Gasteiger partial charge >= 0.3 is 0 Å². The van der Waals surface area contributed by atoms with Crippen LogP contribution in [0.4, 0.5) is 0 Å². The molecule has 4 fully saturated rings. The fourth-order valence-corrected chi connectivity index (χ4v) is 17.6. The monoisotopic (exact) mass is 1100 g/mol. The van der Waals surface area contributed by atoms with Crippen LogP contribution in [0.15, 0.2) is 53.5 Å². The van der Waals surface area contributed by atoms with Crippen molar-refractivity contribution in [1.29, 1.82) is 0 Å². The molecule has 5 aliphatic carbocycles. The summed E-state index contributed by atoms with van der Waals surface area (Å²) in [6.07, 6.45) is 21.0. The second kappa shape index (κ2) is 22.6. The minimum Gasteiger partial charge on any atom is -0.508 e. The first-order valence-corrected chi connectivity index (χ1v) is 31.0. The molecule has 13 heteroatoms. The zero-order valence-corrected chi connectivity index (χ0v) is 47.9. The predicted molar refractivity (Wildman–Crippen MR) is 309 cm³/mol. The molecule has 8 N–H and O–H groups in total. The van der Waals surface area contributed by atoms with Gasteiger partial charge in [-0.1, -0.05) is 70.6 Å². The number of fused-ring (bicyclic) bond motifs is 2. The first-order chi connectivity index (χ1) is 38.7. The number of aromatic hydroxyl groups is 1. The van der Waals surface area contributed by atoms with E-state index in [0.717, 1.165) is 129 Å². The number of phenols is 1. The van der Waals surface area contributed by atoms with Crippen molar-refractivity contribution < 1.29 is 49.2 Å². The summed E-state index contributed by atoms with van der Waals surface area (Å²) in [5, 5.41) is 63.4. The lowest BCUT2D eigenvalue weighted by atomic mass is 9.57. The van der Waals surface area contributed by atoms with Crippen LogP contribution < -0.4 is 30.0 Å². The summed E-state index contributed by atoms with van der Waals surface area (Å²) in [7, 11) is 1.72. The minimum absolute atomic E-state index is 0.00910. The molecule has 3 aromatic carbocycles. The molecule has 80 heavy (non-hydrogen) atoms. The molecule has 3 saturated carbocycles. The van der Waals surface area contributed by atoms with E-state index < -0.39 is 23.9 Å². The molecule has 1 saturated heterocycles. The molecule has 3 aromatic rings. The Hall–Kier alpha value is -4.97. The van der Waals surface area contributed by atoms with Crippen LogP contribution in [0, 0.1) is 64.3 Å². The Kier molecular flexibility index (Phi) is 15.7. The standard InChI is InChI=1S/C67H89N3O10/c1-5-40-27-43-13-12-42(40)28-48(72)35-66(19-9-18-65(66)22-25-78-59(36-65)67(75)20-6-7-21-67)38-70-64(68)69-23-17-49-45(37-71)14-11-41-10-8-24-77-55-16-15-44(32-57(55)80-62(41)49)63-54(74)33-52-56(79-63)34-58(76-4)61-51-30-47(26-39(2)3)53(73)31-46(51)29-50(43)60(52)61/h12-13,15-16,30-32,34,39-43,45,48-50,54,59,62-63,71-75H,5-7,9-11,14,17-23,25-29,33,35-38H2,1-4H3,(H3,68,69,70)/t40-,41-,42+,43+,45-,48+,49-,50+,54-,59-,62-,63+,65+,66-/m1/s1. The van der Waals surface area contributed by atoms with E-state index in [2.05, 4.69) is 56.3 Å². The third-order valence-corrected chi connectivity index (χ3v) is 21.8. The Morgan fingerprint density at radius 3 is 2.51 bits per heavy atom. The molecule has 0 unspecified atom stereocenters. The lowest BCUT2D eigenvalue weighted by Crippen LogP contribution is -2.54. The number of guanidine groups is 1. The van der Waals surface area contributed by atoms with E-state index in [1.54, 1.807) is 7.11 Å². The van der Waals surface area contributed by atoms with Gasteiger partial charge in [-0.15, -0.1) is 0 Å². The van der Waals surface area contributed by atoms with Crippen molar-refractivity contribution in [3.05, 3.63) is 76.4 Å². The van der Waals surface area contributed by atoms with E-state index in [1.807, 2.05) is 30.3 Å². The number of methoxy groups -OCH3 is 1. The fourth-order valence-electron chi connectivity index (χ4n) is 17.6. The van der Waals surface area contributed by atoms with Crippen molar-refractivity contribution in [1.82, 2.24) is 5.32 Å². The quantitative estimate of drug-likeness (QED) is 0.0913. The van der Waals surface area contributed by atoms with E-state index in [9.17, 15) is 25.5 Å². The highest BCUT2D eigenvalue weighted by atomic mass is 16.5. The summed E-state index contributed by atoms with van der Waals surface area (Å²) in [6, 6.07) is 11.9. The molecule has 7 heterocycles. The van der Waals surface area contributed by atoms with Gasteiger partial charge in [0.1, 0.15) is 35.6 Å². The zero-order valence-electron chi connectivity index (χ0n) is 47.9. The van der Waals surface area contributed by atoms with Gasteiger partial charge in [0.25, 0.3) is 0 Å². The van der Waals surface area contributed by atoms with Crippen LogP contribution >= 0.6 is 0 Å². The van der Waals surface area contributed by atoms with E-state index in [0.29, 0.717) is 105 Å². The number of aliphatic hydroxyl groups excluding tert-OH is 3. The maximum atomic E-state index is 12.7. The van der Waals surface area contributed by atoms with Crippen molar-refractivity contribution in [2.24, 2.45) is 63.0 Å². The summed E-state index contributed by atoms with van der Waals surface area (Å²) < 4.78 is 33.3. The van der Waals surface area contributed by atoms with Crippen LogP contribution in [-0.4, -0.2) is 94.9 Å². The number of nitrogens with zero attached hydrogens (tertiary/aromatic N) is 1. The Bertz CT molecular complexity index is 2890. The van der Waals surface area contributed by atoms with Gasteiger partial charge < -0.3 is 60.3 Å². The third kappa shape index (κ3) is 10.3. The predicted octanol–water partition coefficient (Wildman–Crippen LogP) is 10.4. The van der Waals surface area contributed by atoms with Gasteiger partial charge in [0.05, 0.1) is 31.0 Å². The molecule has 0 amide bonds. The Morgan fingerprint density at radius 1 is 0.887 bits per heavy atom. The van der Waals surface area contributed by atoms with Gasteiger partial charge in [-0.05, 0) is 188 Å². The molecule has 12 aliphatic rings. The van der Waals surface area contributed by atoms with Crippen molar-refractivity contribution in [2.75, 3.05) is 33.4 Å². The summed E-state index contributed by atoms with van der Waals surface area (Å²) >= 11 is 0. The third-order valence-electron chi connectivity index (χ3n) is 21.8. The van der Waals surface area contributed by atoms with E-state index in [1.165, 1.54) is 0 Å². The molecule has 9 bridgehead atoms. The molecule has 15 rings (SSSR count). The molecule has 2 spiro atoms. The van der Waals surface area contributed by atoms with Crippen molar-refractivity contribution in [2.45, 2.75) is 191 Å². The van der Waals surface area contributed by atoms with Crippen LogP contribution in [0.3, 0.4) is 0 Å². The Balaban J connectivity index is 0.965. The van der Waals surface area contributed by atoms with Crippen molar-refractivity contribution in [3.63, 3.8) is 0 Å². The highest BCUT2D eigenvalue weighted by Crippen LogP contribution is 2.64. The fraction of sp³-hybridized carbons (Fsp3) is 0.657. The molecule has 432 valence electrons. The number of allylic oxidation sites excluding steroid dienone is 2. The lowest BCUT2D eigenvalue weighted by Gasteiger charge is -2.53. The molecule has 14 atom stereocenters. The second-order valence-corrected chi connectivity index (χ2v) is 26.7.